The van der Waals surface area contributed by atoms with Gasteiger partial charge in [0.05, 0.1) is 0 Å². The summed E-state index contributed by atoms with van der Waals surface area (Å²) in [5.74, 6) is -0.923. The monoisotopic (exact) mass is 863 g/mol. The van der Waals surface area contributed by atoms with Crippen molar-refractivity contribution in [3.05, 3.63) is 85.1 Å². The third-order valence-electron chi connectivity index (χ3n) is 10.8. The van der Waals surface area contributed by atoms with Crippen LogP contribution < -0.4 is 0 Å². The van der Waals surface area contributed by atoms with E-state index < -0.39 is 6.10 Å². The minimum Gasteiger partial charge on any atom is -0.462 e. The number of esters is 3. The summed E-state index contributed by atoms with van der Waals surface area (Å²) in [7, 11) is 0. The highest BCUT2D eigenvalue weighted by Crippen LogP contribution is 2.15. The standard InChI is InChI=1S/C56H94O6/c1-4-7-10-13-16-19-22-25-28-31-34-37-40-43-46-49-55(58)61-52-53(51-60-54(57)48-45-42-39-36-33-30-27-24-21-18-15-12-9-6-3)62-56(59)50-47-44-41-38-35-32-29-26-23-20-17-14-11-8-5-2/h7-8,10-11,13-14,16-17,19-20,22-23,25,28,53H,4-6,9,12,15,18,21,24,26-27,29-52H2,1-3H3/b10-7-,11-8-,16-13-,17-14-,22-19-,23-20-,28-25-. The summed E-state index contributed by atoms with van der Waals surface area (Å²) >= 11 is 0. The first kappa shape index (κ1) is 58.6. The summed E-state index contributed by atoms with van der Waals surface area (Å²) < 4.78 is 16.8. The van der Waals surface area contributed by atoms with Gasteiger partial charge in [-0.1, -0.05) is 241 Å². The quantitative estimate of drug-likeness (QED) is 0.0263. The molecular formula is C56H94O6. The van der Waals surface area contributed by atoms with E-state index in [2.05, 4.69) is 87.6 Å². The van der Waals surface area contributed by atoms with Crippen molar-refractivity contribution in [1.82, 2.24) is 0 Å². The molecule has 0 saturated heterocycles. The molecule has 0 aromatic heterocycles. The van der Waals surface area contributed by atoms with Gasteiger partial charge in [0.2, 0.25) is 0 Å². The van der Waals surface area contributed by atoms with Crippen LogP contribution in [0.4, 0.5) is 0 Å². The molecule has 0 aliphatic carbocycles. The predicted molar refractivity (Wildman–Crippen MR) is 265 cm³/mol. The van der Waals surface area contributed by atoms with Crippen LogP contribution in [0.5, 0.6) is 0 Å². The number of ether oxygens (including phenoxy) is 3. The van der Waals surface area contributed by atoms with E-state index in [1.807, 2.05) is 18.2 Å². The van der Waals surface area contributed by atoms with Crippen molar-refractivity contribution in [2.24, 2.45) is 0 Å². The van der Waals surface area contributed by atoms with Gasteiger partial charge >= 0.3 is 17.9 Å². The van der Waals surface area contributed by atoms with E-state index in [1.165, 1.54) is 96.3 Å². The van der Waals surface area contributed by atoms with Crippen LogP contribution in [0.2, 0.25) is 0 Å². The Bertz CT molecular complexity index is 1220. The third kappa shape index (κ3) is 47.6. The number of carbonyl (C=O) groups excluding carboxylic acids is 3. The van der Waals surface area contributed by atoms with Crippen molar-refractivity contribution in [1.29, 1.82) is 0 Å². The molecule has 0 saturated carbocycles. The number of hydrogen-bond donors (Lipinski definition) is 0. The number of rotatable bonds is 45. The maximum atomic E-state index is 12.8. The molecule has 0 heterocycles. The molecule has 62 heavy (non-hydrogen) atoms. The highest BCUT2D eigenvalue weighted by Gasteiger charge is 2.19. The van der Waals surface area contributed by atoms with Gasteiger partial charge in [-0.15, -0.1) is 0 Å². The Morgan fingerprint density at radius 2 is 0.629 bits per heavy atom. The molecule has 0 aliphatic rings. The predicted octanol–water partition coefficient (Wildman–Crippen LogP) is 16.8. The minimum absolute atomic E-state index is 0.0882. The Hall–Kier alpha value is -3.41. The van der Waals surface area contributed by atoms with Gasteiger partial charge in [-0.3, -0.25) is 14.4 Å². The lowest BCUT2D eigenvalue weighted by Gasteiger charge is -2.18. The van der Waals surface area contributed by atoms with Gasteiger partial charge in [-0.25, -0.2) is 0 Å². The van der Waals surface area contributed by atoms with Crippen molar-refractivity contribution in [2.45, 2.75) is 239 Å². The van der Waals surface area contributed by atoms with Crippen molar-refractivity contribution >= 4 is 17.9 Å². The molecule has 0 radical (unpaired) electrons. The van der Waals surface area contributed by atoms with Crippen LogP contribution in [0.1, 0.15) is 233 Å². The van der Waals surface area contributed by atoms with Crippen LogP contribution in [-0.2, 0) is 28.6 Å². The van der Waals surface area contributed by atoms with Gasteiger partial charge in [-0.05, 0) is 57.8 Å². The SMILES string of the molecule is CC\C=C/C=C\C=C/C=C\CCCCCCCC(=O)OCC(COC(=O)CCCCCCCCCCCCCCCC)OC(=O)CCCCCCCCC\C=C/C=C\C=C/CC. The van der Waals surface area contributed by atoms with Crippen molar-refractivity contribution < 1.29 is 28.6 Å². The fourth-order valence-electron chi connectivity index (χ4n) is 6.98. The van der Waals surface area contributed by atoms with Gasteiger partial charge < -0.3 is 14.2 Å². The van der Waals surface area contributed by atoms with E-state index in [1.54, 1.807) is 0 Å². The lowest BCUT2D eigenvalue weighted by molar-refractivity contribution is -0.167. The molecule has 0 rings (SSSR count). The van der Waals surface area contributed by atoms with Gasteiger partial charge in [-0.2, -0.15) is 0 Å². The van der Waals surface area contributed by atoms with E-state index >= 15 is 0 Å². The number of carbonyl (C=O) groups is 3. The highest BCUT2D eigenvalue weighted by atomic mass is 16.6. The minimum atomic E-state index is -0.791. The first-order valence-corrected chi connectivity index (χ1v) is 25.7. The summed E-state index contributed by atoms with van der Waals surface area (Å²) in [4.78, 5) is 38.0. The molecule has 354 valence electrons. The van der Waals surface area contributed by atoms with Gasteiger partial charge in [0, 0.05) is 19.3 Å². The van der Waals surface area contributed by atoms with E-state index in [0.717, 1.165) is 96.3 Å². The van der Waals surface area contributed by atoms with E-state index in [4.69, 9.17) is 14.2 Å². The second-order valence-electron chi connectivity index (χ2n) is 16.8. The zero-order valence-corrected chi connectivity index (χ0v) is 40.4. The van der Waals surface area contributed by atoms with Gasteiger partial charge in [0.1, 0.15) is 13.2 Å². The maximum absolute atomic E-state index is 12.8. The lowest BCUT2D eigenvalue weighted by atomic mass is 10.0. The largest absolute Gasteiger partial charge is 0.462 e. The normalized spacial score (nSPS) is 12.8. The molecule has 0 aliphatic heterocycles. The average Bonchev–Trinajstić information content (AvgIpc) is 3.27. The zero-order chi connectivity index (χ0) is 45.1. The van der Waals surface area contributed by atoms with Gasteiger partial charge in [0.25, 0.3) is 0 Å². The summed E-state index contributed by atoms with van der Waals surface area (Å²) in [5.41, 5.74) is 0. The highest BCUT2D eigenvalue weighted by molar-refractivity contribution is 5.71. The molecule has 0 spiro atoms. The fourth-order valence-corrected chi connectivity index (χ4v) is 6.98. The molecule has 0 bridgehead atoms. The van der Waals surface area contributed by atoms with E-state index in [-0.39, 0.29) is 31.1 Å². The molecule has 0 aromatic carbocycles. The van der Waals surface area contributed by atoms with Crippen LogP contribution in [0.3, 0.4) is 0 Å². The molecule has 1 unspecified atom stereocenters. The van der Waals surface area contributed by atoms with E-state index in [9.17, 15) is 14.4 Å². The molecule has 0 amide bonds. The zero-order valence-electron chi connectivity index (χ0n) is 40.4. The summed E-state index contributed by atoms with van der Waals surface area (Å²) in [6.45, 7) is 6.34. The molecule has 0 aromatic rings. The van der Waals surface area contributed by atoms with Crippen LogP contribution in [0, 0.1) is 0 Å². The van der Waals surface area contributed by atoms with Crippen LogP contribution >= 0.6 is 0 Å². The topological polar surface area (TPSA) is 78.9 Å². The Balaban J connectivity index is 4.44. The Morgan fingerprint density at radius 1 is 0.339 bits per heavy atom. The second-order valence-corrected chi connectivity index (χ2v) is 16.8. The molecule has 6 heteroatoms. The second kappa shape index (κ2) is 50.2. The Morgan fingerprint density at radius 3 is 0.984 bits per heavy atom. The lowest BCUT2D eigenvalue weighted by Crippen LogP contribution is -2.30. The average molecular weight is 863 g/mol. The summed E-state index contributed by atoms with van der Waals surface area (Å²) in [6, 6.07) is 0. The van der Waals surface area contributed by atoms with Crippen LogP contribution in [0.25, 0.3) is 0 Å². The maximum Gasteiger partial charge on any atom is 0.306 e. The van der Waals surface area contributed by atoms with Crippen molar-refractivity contribution in [2.75, 3.05) is 13.2 Å². The smallest absolute Gasteiger partial charge is 0.306 e. The van der Waals surface area contributed by atoms with Crippen LogP contribution in [0.15, 0.2) is 85.1 Å². The van der Waals surface area contributed by atoms with E-state index in [0.29, 0.717) is 19.3 Å². The molecule has 0 N–H and O–H groups in total. The fraction of sp³-hybridized carbons (Fsp3) is 0.696. The van der Waals surface area contributed by atoms with Crippen molar-refractivity contribution in [3.8, 4) is 0 Å². The number of allylic oxidation sites excluding steroid dienone is 14. The molecule has 6 nitrogen and oxygen atoms in total. The third-order valence-corrected chi connectivity index (χ3v) is 10.8. The summed E-state index contributed by atoms with van der Waals surface area (Å²) in [6.07, 6.45) is 64.2. The number of unbranched alkanes of at least 4 members (excludes halogenated alkanes) is 25. The number of hydrogen-bond acceptors (Lipinski definition) is 6. The summed E-state index contributed by atoms with van der Waals surface area (Å²) in [5, 5.41) is 0. The molecular weight excluding hydrogens is 769 g/mol. The van der Waals surface area contributed by atoms with Crippen molar-refractivity contribution in [3.63, 3.8) is 0 Å². The first-order valence-electron chi connectivity index (χ1n) is 25.7. The first-order chi connectivity index (χ1) is 30.5. The van der Waals surface area contributed by atoms with Gasteiger partial charge in [0.15, 0.2) is 6.10 Å². The Labute approximate surface area is 382 Å². The molecule has 0 fully saturated rings. The van der Waals surface area contributed by atoms with Crippen LogP contribution in [-0.4, -0.2) is 37.2 Å². The Kier molecular flexibility index (Phi) is 47.5. The molecule has 1 atom stereocenters.